The first-order valence-electron chi connectivity index (χ1n) is 6.07. The van der Waals surface area contributed by atoms with Gasteiger partial charge in [-0.3, -0.25) is 0 Å². The van der Waals surface area contributed by atoms with Crippen LogP contribution in [0.25, 0.3) is 0 Å². The van der Waals surface area contributed by atoms with Gasteiger partial charge in [-0.25, -0.2) is 0 Å². The lowest BCUT2D eigenvalue weighted by atomic mass is 9.81. The molecular formula is C14H19F3O2. The molecule has 0 aromatic heterocycles. The zero-order chi connectivity index (χ0) is 15.2. The highest BCUT2D eigenvalue weighted by molar-refractivity contribution is 5.55. The molecule has 108 valence electrons. The number of rotatable bonds is 2. The molecule has 1 rings (SSSR count). The van der Waals surface area contributed by atoms with E-state index in [2.05, 4.69) is 0 Å². The highest BCUT2D eigenvalue weighted by Crippen LogP contribution is 2.45. The van der Waals surface area contributed by atoms with Crippen LogP contribution in [0.3, 0.4) is 0 Å². The van der Waals surface area contributed by atoms with Gasteiger partial charge >= 0.3 is 6.18 Å². The zero-order valence-electron chi connectivity index (χ0n) is 11.7. The molecule has 0 aliphatic carbocycles. The first-order chi connectivity index (χ1) is 8.46. The Kier molecular flexibility index (Phi) is 3.92. The van der Waals surface area contributed by atoms with Crippen LogP contribution < -0.4 is 0 Å². The minimum atomic E-state index is -4.77. The third kappa shape index (κ3) is 2.31. The fourth-order valence-corrected chi connectivity index (χ4v) is 2.45. The van der Waals surface area contributed by atoms with Crippen LogP contribution in [0.15, 0.2) is 0 Å². The van der Waals surface area contributed by atoms with Crippen LogP contribution in [0, 0.1) is 20.8 Å². The third-order valence-electron chi connectivity index (χ3n) is 3.79. The van der Waals surface area contributed by atoms with E-state index >= 15 is 0 Å². The second-order valence-corrected chi connectivity index (χ2v) is 5.00. The van der Waals surface area contributed by atoms with Crippen LogP contribution in [0.4, 0.5) is 13.2 Å². The van der Waals surface area contributed by atoms with Gasteiger partial charge in [-0.15, -0.1) is 0 Å². The molecule has 19 heavy (non-hydrogen) atoms. The number of phenols is 1. The van der Waals surface area contributed by atoms with Crippen LogP contribution in [0.2, 0.25) is 0 Å². The molecule has 1 unspecified atom stereocenters. The van der Waals surface area contributed by atoms with Crippen LogP contribution in [-0.2, 0) is 12.0 Å². The van der Waals surface area contributed by atoms with Crippen molar-refractivity contribution < 1.29 is 23.4 Å². The second kappa shape index (κ2) is 4.71. The lowest BCUT2D eigenvalue weighted by molar-refractivity contribution is -0.259. The molecule has 0 aliphatic heterocycles. The van der Waals surface area contributed by atoms with Crippen molar-refractivity contribution in [2.24, 2.45) is 0 Å². The van der Waals surface area contributed by atoms with Gasteiger partial charge in [-0.1, -0.05) is 6.92 Å². The van der Waals surface area contributed by atoms with Crippen molar-refractivity contribution in [2.75, 3.05) is 0 Å². The molecular weight excluding hydrogens is 257 g/mol. The lowest BCUT2D eigenvalue weighted by Crippen LogP contribution is -2.41. The van der Waals surface area contributed by atoms with Gasteiger partial charge in [-0.05, 0) is 61.9 Å². The quantitative estimate of drug-likeness (QED) is 0.865. The van der Waals surface area contributed by atoms with Gasteiger partial charge in [0.1, 0.15) is 5.75 Å². The molecule has 0 spiro atoms. The number of alkyl halides is 3. The molecule has 1 atom stereocenters. The van der Waals surface area contributed by atoms with Gasteiger partial charge < -0.3 is 10.2 Å². The monoisotopic (exact) mass is 276 g/mol. The van der Waals surface area contributed by atoms with Crippen LogP contribution >= 0.6 is 0 Å². The molecule has 2 nitrogen and oxygen atoms in total. The highest BCUT2D eigenvalue weighted by atomic mass is 19.4. The summed E-state index contributed by atoms with van der Waals surface area (Å²) in [6.07, 6.45) is -4.46. The predicted octanol–water partition coefficient (Wildman–Crippen LogP) is 3.65. The van der Waals surface area contributed by atoms with E-state index in [1.165, 1.54) is 6.92 Å². The van der Waals surface area contributed by atoms with E-state index in [1.807, 2.05) is 0 Å². The molecule has 0 bridgehead atoms. The summed E-state index contributed by atoms with van der Waals surface area (Å²) in [7, 11) is 0. The SMILES string of the molecule is CCc1c(C)c(O)c(C)c(C)c1C(C)(O)C(F)(F)F. The van der Waals surface area contributed by atoms with E-state index in [-0.39, 0.29) is 16.9 Å². The Morgan fingerprint density at radius 2 is 1.47 bits per heavy atom. The van der Waals surface area contributed by atoms with Crippen molar-refractivity contribution >= 4 is 0 Å². The minimum Gasteiger partial charge on any atom is -0.507 e. The summed E-state index contributed by atoms with van der Waals surface area (Å²) in [6.45, 7) is 7.06. The second-order valence-electron chi connectivity index (χ2n) is 5.00. The lowest BCUT2D eigenvalue weighted by Gasteiger charge is -2.32. The maximum atomic E-state index is 13.1. The van der Waals surface area contributed by atoms with E-state index < -0.39 is 11.8 Å². The van der Waals surface area contributed by atoms with Crippen LogP contribution in [-0.4, -0.2) is 16.4 Å². The molecule has 0 radical (unpaired) electrons. The molecule has 0 saturated carbocycles. The number of benzene rings is 1. The predicted molar refractivity (Wildman–Crippen MR) is 67.3 cm³/mol. The minimum absolute atomic E-state index is 0.00363. The number of aliphatic hydroxyl groups is 1. The maximum Gasteiger partial charge on any atom is 0.421 e. The molecule has 5 heteroatoms. The van der Waals surface area contributed by atoms with E-state index in [0.717, 1.165) is 6.92 Å². The number of halogens is 3. The standard InChI is InChI=1S/C14H19F3O2/c1-6-10-9(4)12(18)8(3)7(2)11(10)13(5,19)14(15,16)17/h18-19H,6H2,1-5H3. The normalized spacial score (nSPS) is 15.4. The van der Waals surface area contributed by atoms with Crippen LogP contribution in [0.5, 0.6) is 5.75 Å². The Labute approximate surface area is 110 Å². The van der Waals surface area contributed by atoms with Gasteiger partial charge in [0.15, 0.2) is 5.60 Å². The molecule has 2 N–H and O–H groups in total. The summed E-state index contributed by atoms with van der Waals surface area (Å²) in [6, 6.07) is 0. The van der Waals surface area contributed by atoms with Gasteiger partial charge in [-0.2, -0.15) is 13.2 Å². The number of phenolic OH excluding ortho intramolecular Hbond substituents is 1. The molecule has 0 aliphatic rings. The van der Waals surface area contributed by atoms with Gasteiger partial charge in [0, 0.05) is 0 Å². The molecule has 0 fully saturated rings. The summed E-state index contributed by atoms with van der Waals surface area (Å²) in [5.41, 5.74) is -1.68. The maximum absolute atomic E-state index is 13.1. The summed E-state index contributed by atoms with van der Waals surface area (Å²) >= 11 is 0. The Morgan fingerprint density at radius 1 is 1.00 bits per heavy atom. The van der Waals surface area contributed by atoms with E-state index in [0.29, 0.717) is 23.1 Å². The summed E-state index contributed by atoms with van der Waals surface area (Å²) in [5, 5.41) is 19.9. The van der Waals surface area contributed by atoms with Crippen molar-refractivity contribution in [3.8, 4) is 5.75 Å². The van der Waals surface area contributed by atoms with Crippen molar-refractivity contribution in [1.82, 2.24) is 0 Å². The van der Waals surface area contributed by atoms with Gasteiger partial charge in [0.25, 0.3) is 0 Å². The van der Waals surface area contributed by atoms with E-state index in [1.54, 1.807) is 20.8 Å². The summed E-state index contributed by atoms with van der Waals surface area (Å²) < 4.78 is 39.2. The van der Waals surface area contributed by atoms with Gasteiger partial charge in [0.2, 0.25) is 0 Å². The Bertz CT molecular complexity index is 503. The number of hydrogen-bond acceptors (Lipinski definition) is 2. The molecule has 0 saturated heterocycles. The summed E-state index contributed by atoms with van der Waals surface area (Å²) in [4.78, 5) is 0. The zero-order valence-corrected chi connectivity index (χ0v) is 11.7. The molecule has 0 amide bonds. The smallest absolute Gasteiger partial charge is 0.421 e. The third-order valence-corrected chi connectivity index (χ3v) is 3.79. The summed E-state index contributed by atoms with van der Waals surface area (Å²) in [5.74, 6) is -0.00363. The fourth-order valence-electron chi connectivity index (χ4n) is 2.45. The highest BCUT2D eigenvalue weighted by Gasteiger charge is 2.53. The van der Waals surface area contributed by atoms with Gasteiger partial charge in [0.05, 0.1) is 0 Å². The van der Waals surface area contributed by atoms with Crippen molar-refractivity contribution in [3.05, 3.63) is 27.8 Å². The number of hydrogen-bond donors (Lipinski definition) is 2. The van der Waals surface area contributed by atoms with E-state index in [4.69, 9.17) is 0 Å². The average molecular weight is 276 g/mol. The Balaban J connectivity index is 3.79. The molecule has 1 aromatic rings. The molecule has 0 heterocycles. The number of aromatic hydroxyl groups is 1. The average Bonchev–Trinajstić information content (AvgIpc) is 2.29. The molecule has 1 aromatic carbocycles. The first-order valence-corrected chi connectivity index (χ1v) is 6.07. The van der Waals surface area contributed by atoms with Crippen molar-refractivity contribution in [2.45, 2.75) is 52.8 Å². The van der Waals surface area contributed by atoms with Crippen molar-refractivity contribution in [1.29, 1.82) is 0 Å². The fraction of sp³-hybridized carbons (Fsp3) is 0.571. The topological polar surface area (TPSA) is 40.5 Å². The van der Waals surface area contributed by atoms with Crippen LogP contribution in [0.1, 0.15) is 41.7 Å². The largest absolute Gasteiger partial charge is 0.507 e. The Morgan fingerprint density at radius 3 is 1.84 bits per heavy atom. The van der Waals surface area contributed by atoms with Crippen molar-refractivity contribution in [3.63, 3.8) is 0 Å². The van der Waals surface area contributed by atoms with E-state index in [9.17, 15) is 23.4 Å². The Hall–Kier alpha value is -1.23. The first kappa shape index (κ1) is 15.8.